The Morgan fingerprint density at radius 1 is 0.919 bits per heavy atom. The van der Waals surface area contributed by atoms with E-state index in [1.54, 1.807) is 23.1 Å². The first-order chi connectivity index (χ1) is 18.1. The fourth-order valence-electron chi connectivity index (χ4n) is 4.42. The molecular formula is C31H28N2O4. The minimum Gasteiger partial charge on any atom is -0.492 e. The van der Waals surface area contributed by atoms with Crippen LogP contribution in [0.3, 0.4) is 0 Å². The van der Waals surface area contributed by atoms with Crippen LogP contribution in [0.5, 0.6) is 11.5 Å². The topological polar surface area (TPSA) is 67.9 Å². The molecule has 186 valence electrons. The number of rotatable bonds is 8. The summed E-state index contributed by atoms with van der Waals surface area (Å²) >= 11 is 0. The van der Waals surface area contributed by atoms with Gasteiger partial charge in [0.05, 0.1) is 18.2 Å². The van der Waals surface area contributed by atoms with E-state index in [0.29, 0.717) is 30.3 Å². The SMILES string of the molecule is Cc1ccc(OCCN2C(=O)COc3cc(NC(=O)C(c4ccccc4)c4ccccc4)ccc32)cc1. The number of benzene rings is 4. The largest absolute Gasteiger partial charge is 0.492 e. The summed E-state index contributed by atoms with van der Waals surface area (Å²) in [5.41, 5.74) is 4.23. The van der Waals surface area contributed by atoms with Gasteiger partial charge in [-0.3, -0.25) is 9.59 Å². The normalized spacial score (nSPS) is 12.6. The first-order valence-corrected chi connectivity index (χ1v) is 12.3. The van der Waals surface area contributed by atoms with Crippen LogP contribution in [0.25, 0.3) is 0 Å². The molecule has 4 aromatic carbocycles. The number of anilines is 2. The first-order valence-electron chi connectivity index (χ1n) is 12.3. The molecule has 0 bridgehead atoms. The maximum Gasteiger partial charge on any atom is 0.265 e. The average Bonchev–Trinajstić information content (AvgIpc) is 2.92. The molecule has 0 unspecified atom stereocenters. The highest BCUT2D eigenvalue weighted by atomic mass is 16.5. The van der Waals surface area contributed by atoms with Gasteiger partial charge in [0.2, 0.25) is 5.91 Å². The summed E-state index contributed by atoms with van der Waals surface area (Å²) < 4.78 is 11.5. The van der Waals surface area contributed by atoms with Crippen LogP contribution >= 0.6 is 0 Å². The highest BCUT2D eigenvalue weighted by Crippen LogP contribution is 2.35. The zero-order valence-electron chi connectivity index (χ0n) is 20.6. The summed E-state index contributed by atoms with van der Waals surface area (Å²) in [6.45, 7) is 2.69. The van der Waals surface area contributed by atoms with Gasteiger partial charge in [-0.15, -0.1) is 0 Å². The van der Waals surface area contributed by atoms with Crippen LogP contribution in [-0.4, -0.2) is 31.6 Å². The molecule has 6 nitrogen and oxygen atoms in total. The van der Waals surface area contributed by atoms with Crippen molar-refractivity contribution < 1.29 is 19.1 Å². The van der Waals surface area contributed by atoms with Gasteiger partial charge in [0.1, 0.15) is 18.1 Å². The Hall–Kier alpha value is -4.58. The molecule has 0 saturated heterocycles. The molecule has 1 N–H and O–H groups in total. The molecule has 1 heterocycles. The Bertz CT molecular complexity index is 1330. The smallest absolute Gasteiger partial charge is 0.265 e. The minimum absolute atomic E-state index is 0.0639. The molecule has 1 aliphatic rings. The molecular weight excluding hydrogens is 464 g/mol. The number of fused-ring (bicyclic) bond motifs is 1. The molecule has 37 heavy (non-hydrogen) atoms. The summed E-state index contributed by atoms with van der Waals surface area (Å²) in [6, 6.07) is 32.6. The van der Waals surface area contributed by atoms with E-state index in [1.807, 2.05) is 91.9 Å². The number of hydrogen-bond donors (Lipinski definition) is 1. The fourth-order valence-corrected chi connectivity index (χ4v) is 4.42. The van der Waals surface area contributed by atoms with Crippen molar-refractivity contribution in [1.82, 2.24) is 0 Å². The van der Waals surface area contributed by atoms with Crippen molar-refractivity contribution in [3.63, 3.8) is 0 Å². The Morgan fingerprint density at radius 3 is 2.22 bits per heavy atom. The van der Waals surface area contributed by atoms with Crippen molar-refractivity contribution >= 4 is 23.2 Å². The van der Waals surface area contributed by atoms with Crippen molar-refractivity contribution in [1.29, 1.82) is 0 Å². The summed E-state index contributed by atoms with van der Waals surface area (Å²) in [5, 5.41) is 3.04. The van der Waals surface area contributed by atoms with Gasteiger partial charge in [0, 0.05) is 11.8 Å². The number of carbonyl (C=O) groups excluding carboxylic acids is 2. The predicted molar refractivity (Wildman–Crippen MR) is 144 cm³/mol. The number of carbonyl (C=O) groups is 2. The van der Waals surface area contributed by atoms with Gasteiger partial charge >= 0.3 is 0 Å². The van der Waals surface area contributed by atoms with Crippen LogP contribution < -0.4 is 19.7 Å². The Kier molecular flexibility index (Phi) is 7.17. The molecule has 0 aromatic heterocycles. The standard InChI is InChI=1S/C31H28N2O4/c1-22-12-15-26(16-13-22)36-19-18-33-27-17-14-25(20-28(27)37-21-29(33)34)32-31(35)30(23-8-4-2-5-9-23)24-10-6-3-7-11-24/h2-17,20,30H,18-19,21H2,1H3,(H,32,35). The van der Waals surface area contributed by atoms with Crippen molar-refractivity contribution in [2.24, 2.45) is 0 Å². The van der Waals surface area contributed by atoms with Gasteiger partial charge in [-0.05, 0) is 42.3 Å². The van der Waals surface area contributed by atoms with Crippen molar-refractivity contribution in [2.45, 2.75) is 12.8 Å². The molecule has 0 aliphatic carbocycles. The lowest BCUT2D eigenvalue weighted by Gasteiger charge is -2.29. The Balaban J connectivity index is 1.31. The van der Waals surface area contributed by atoms with Gasteiger partial charge in [0.25, 0.3) is 5.91 Å². The average molecular weight is 493 g/mol. The van der Waals surface area contributed by atoms with Gasteiger partial charge in [-0.25, -0.2) is 0 Å². The quantitative estimate of drug-likeness (QED) is 0.349. The molecule has 0 spiro atoms. The van der Waals surface area contributed by atoms with Crippen LogP contribution in [0.4, 0.5) is 11.4 Å². The third kappa shape index (κ3) is 5.64. The highest BCUT2D eigenvalue weighted by Gasteiger charge is 2.27. The molecule has 6 heteroatoms. The maximum absolute atomic E-state index is 13.5. The van der Waals surface area contributed by atoms with E-state index >= 15 is 0 Å². The lowest BCUT2D eigenvalue weighted by Crippen LogP contribution is -2.41. The number of nitrogens with zero attached hydrogens (tertiary/aromatic N) is 1. The first kappa shape index (κ1) is 24.1. The second kappa shape index (κ2) is 11.0. The van der Waals surface area contributed by atoms with E-state index in [-0.39, 0.29) is 18.4 Å². The van der Waals surface area contributed by atoms with Crippen molar-refractivity contribution in [2.75, 3.05) is 30.0 Å². The summed E-state index contributed by atoms with van der Waals surface area (Å²) in [6.07, 6.45) is 0. The summed E-state index contributed by atoms with van der Waals surface area (Å²) in [4.78, 5) is 27.7. The lowest BCUT2D eigenvalue weighted by atomic mass is 9.90. The van der Waals surface area contributed by atoms with Crippen LogP contribution in [0, 0.1) is 6.92 Å². The number of aryl methyl sites for hydroxylation is 1. The van der Waals surface area contributed by atoms with Crippen molar-refractivity contribution in [3.8, 4) is 11.5 Å². The summed E-state index contributed by atoms with van der Waals surface area (Å²) in [5.74, 6) is 0.564. The number of hydrogen-bond acceptors (Lipinski definition) is 4. The van der Waals surface area contributed by atoms with E-state index in [9.17, 15) is 9.59 Å². The van der Waals surface area contributed by atoms with Gasteiger partial charge in [-0.2, -0.15) is 0 Å². The third-order valence-corrected chi connectivity index (χ3v) is 6.30. The second-order valence-corrected chi connectivity index (χ2v) is 8.92. The predicted octanol–water partition coefficient (Wildman–Crippen LogP) is 5.57. The van der Waals surface area contributed by atoms with Crippen LogP contribution in [0.15, 0.2) is 103 Å². The zero-order valence-corrected chi connectivity index (χ0v) is 20.6. The Morgan fingerprint density at radius 2 is 1.57 bits per heavy atom. The molecule has 0 saturated carbocycles. The van der Waals surface area contributed by atoms with Gasteiger partial charge < -0.3 is 19.7 Å². The molecule has 1 aliphatic heterocycles. The van der Waals surface area contributed by atoms with E-state index in [1.165, 1.54) is 0 Å². The molecule has 4 aromatic rings. The Labute approximate surface area is 216 Å². The monoisotopic (exact) mass is 492 g/mol. The fraction of sp³-hybridized carbons (Fsp3) is 0.161. The summed E-state index contributed by atoms with van der Waals surface area (Å²) in [7, 11) is 0. The highest BCUT2D eigenvalue weighted by molar-refractivity contribution is 6.00. The zero-order chi connectivity index (χ0) is 25.6. The minimum atomic E-state index is -0.462. The number of ether oxygens (including phenoxy) is 2. The number of nitrogens with one attached hydrogen (secondary N) is 1. The van der Waals surface area contributed by atoms with Gasteiger partial charge in [-0.1, -0.05) is 78.4 Å². The molecule has 0 fully saturated rings. The van der Waals surface area contributed by atoms with E-state index in [2.05, 4.69) is 5.32 Å². The molecule has 2 amide bonds. The molecule has 0 radical (unpaired) electrons. The van der Waals surface area contributed by atoms with Crippen molar-refractivity contribution in [3.05, 3.63) is 120 Å². The van der Waals surface area contributed by atoms with Crippen LogP contribution in [0.1, 0.15) is 22.6 Å². The molecule has 0 atom stereocenters. The lowest BCUT2D eigenvalue weighted by molar-refractivity contribution is -0.121. The molecule has 5 rings (SSSR count). The second-order valence-electron chi connectivity index (χ2n) is 8.92. The van der Waals surface area contributed by atoms with E-state index in [0.717, 1.165) is 22.4 Å². The van der Waals surface area contributed by atoms with Crippen LogP contribution in [-0.2, 0) is 9.59 Å². The maximum atomic E-state index is 13.5. The van der Waals surface area contributed by atoms with E-state index in [4.69, 9.17) is 9.47 Å². The van der Waals surface area contributed by atoms with Crippen LogP contribution in [0.2, 0.25) is 0 Å². The van der Waals surface area contributed by atoms with Gasteiger partial charge in [0.15, 0.2) is 6.61 Å². The van der Waals surface area contributed by atoms with E-state index < -0.39 is 5.92 Å². The number of amides is 2. The third-order valence-electron chi connectivity index (χ3n) is 6.30.